The van der Waals surface area contributed by atoms with Crippen LogP contribution in [0.4, 0.5) is 23.2 Å². The van der Waals surface area contributed by atoms with Gasteiger partial charge < -0.3 is 16.4 Å². The maximum absolute atomic E-state index is 12.5. The van der Waals surface area contributed by atoms with E-state index in [0.29, 0.717) is 37.1 Å². The smallest absolute Gasteiger partial charge is 0.393 e. The van der Waals surface area contributed by atoms with Crippen molar-refractivity contribution in [1.29, 1.82) is 0 Å². The topological polar surface area (TPSA) is 99.8 Å². The van der Waals surface area contributed by atoms with Gasteiger partial charge in [-0.2, -0.15) is 18.3 Å². The first kappa shape index (κ1) is 25.2. The van der Waals surface area contributed by atoms with Crippen molar-refractivity contribution in [3.8, 4) is 0 Å². The van der Waals surface area contributed by atoms with Crippen LogP contribution in [0.15, 0.2) is 40.8 Å². The van der Waals surface area contributed by atoms with Gasteiger partial charge in [0.2, 0.25) is 0 Å². The summed E-state index contributed by atoms with van der Waals surface area (Å²) in [6, 6.07) is 5.68. The third kappa shape index (κ3) is 7.86. The van der Waals surface area contributed by atoms with Crippen LogP contribution in [0, 0.1) is 0 Å². The molecule has 1 fully saturated rings. The van der Waals surface area contributed by atoms with Crippen molar-refractivity contribution >= 4 is 24.2 Å². The van der Waals surface area contributed by atoms with Crippen LogP contribution in [0.5, 0.6) is 0 Å². The number of hydrogen-bond donors (Lipinski definition) is 3. The van der Waals surface area contributed by atoms with E-state index in [9.17, 15) is 27.2 Å². The van der Waals surface area contributed by atoms with E-state index in [4.69, 9.17) is 5.73 Å². The maximum Gasteiger partial charge on any atom is 0.405 e. The molecule has 1 aromatic rings. The van der Waals surface area contributed by atoms with Crippen molar-refractivity contribution in [3.05, 3.63) is 41.2 Å². The van der Waals surface area contributed by atoms with Crippen LogP contribution in [-0.2, 0) is 4.79 Å². The second kappa shape index (κ2) is 11.5. The molecule has 176 valence electrons. The van der Waals surface area contributed by atoms with Crippen molar-refractivity contribution in [2.24, 2.45) is 10.8 Å². The molecule has 0 spiro atoms. The number of hydrazone groups is 1. The van der Waals surface area contributed by atoms with E-state index < -0.39 is 31.2 Å². The number of nitrogens with one attached hydrogen (secondary N) is 2. The molecule has 1 aliphatic rings. The van der Waals surface area contributed by atoms with Crippen LogP contribution in [0.25, 0.3) is 0 Å². The summed E-state index contributed by atoms with van der Waals surface area (Å²) in [5, 5.41) is 9.88. The van der Waals surface area contributed by atoms with Gasteiger partial charge in [0.1, 0.15) is 12.2 Å². The number of halogens is 4. The largest absolute Gasteiger partial charge is 0.405 e. The summed E-state index contributed by atoms with van der Waals surface area (Å²) in [6.07, 6.45) is -0.902. The van der Waals surface area contributed by atoms with Gasteiger partial charge in [-0.25, -0.2) is 5.01 Å². The van der Waals surface area contributed by atoms with Gasteiger partial charge in [0.15, 0.2) is 0 Å². The maximum atomic E-state index is 12.5. The van der Waals surface area contributed by atoms with Gasteiger partial charge in [-0.1, -0.05) is 6.42 Å². The third-order valence-corrected chi connectivity index (χ3v) is 4.74. The van der Waals surface area contributed by atoms with Crippen molar-refractivity contribution in [1.82, 2.24) is 10.6 Å². The number of unbranched alkanes of at least 4 members (excludes halogenated alkanes) is 2. The van der Waals surface area contributed by atoms with Crippen LogP contribution in [0.3, 0.4) is 0 Å². The number of rotatable bonds is 12. The summed E-state index contributed by atoms with van der Waals surface area (Å²) in [5.41, 5.74) is 6.88. The van der Waals surface area contributed by atoms with Crippen LogP contribution in [0.2, 0.25) is 0 Å². The first-order valence-corrected chi connectivity index (χ1v) is 10.2. The zero-order chi connectivity index (χ0) is 23.7. The molecular weight excluding hydrogens is 430 g/mol. The number of carbonyl (C=O) groups excluding carboxylic acids is 2. The Morgan fingerprint density at radius 3 is 2.34 bits per heavy atom. The van der Waals surface area contributed by atoms with E-state index in [1.165, 1.54) is 29.3 Å². The number of nitrogens with two attached hydrogens (primary N) is 1. The molecule has 11 heteroatoms. The number of anilines is 1. The van der Waals surface area contributed by atoms with Gasteiger partial charge in [-0.05, 0) is 56.4 Å². The van der Waals surface area contributed by atoms with Gasteiger partial charge in [0.25, 0.3) is 11.8 Å². The lowest BCUT2D eigenvalue weighted by atomic mass is 10.1. The van der Waals surface area contributed by atoms with E-state index in [0.717, 1.165) is 12.8 Å². The highest BCUT2D eigenvalue weighted by Gasteiger charge is 2.28. The summed E-state index contributed by atoms with van der Waals surface area (Å²) in [6.45, 7) is 1.64. The molecule has 0 bridgehead atoms. The van der Waals surface area contributed by atoms with Gasteiger partial charge in [-0.15, -0.1) is 0 Å². The minimum atomic E-state index is -4.51. The molecule has 1 saturated carbocycles. The molecule has 1 aliphatic carbocycles. The normalized spacial score (nSPS) is 14.4. The lowest BCUT2D eigenvalue weighted by molar-refractivity contribution is -0.123. The minimum Gasteiger partial charge on any atom is -0.393 e. The Bertz CT molecular complexity index is 836. The van der Waals surface area contributed by atoms with Crippen molar-refractivity contribution in [2.75, 3.05) is 18.2 Å². The number of amides is 2. The Morgan fingerprint density at radius 1 is 1.16 bits per heavy atom. The Kier molecular flexibility index (Phi) is 9.03. The average Bonchev–Trinajstić information content (AvgIpc) is 3.57. The second-order valence-corrected chi connectivity index (χ2v) is 7.41. The second-order valence-electron chi connectivity index (χ2n) is 7.41. The molecule has 2 amide bonds. The van der Waals surface area contributed by atoms with E-state index >= 15 is 0 Å². The summed E-state index contributed by atoms with van der Waals surface area (Å²) in [5.74, 6) is -1.32. The van der Waals surface area contributed by atoms with Crippen LogP contribution in [0.1, 0.15) is 48.9 Å². The minimum absolute atomic E-state index is 0.0231. The molecule has 0 unspecified atom stereocenters. The number of nitrogens with zero attached hydrogens (tertiary/aromatic N) is 2. The van der Waals surface area contributed by atoms with E-state index in [1.807, 2.05) is 0 Å². The highest BCUT2D eigenvalue weighted by atomic mass is 19.4. The fourth-order valence-corrected chi connectivity index (χ4v) is 2.90. The molecule has 4 N–H and O–H groups in total. The third-order valence-electron chi connectivity index (χ3n) is 4.74. The first-order valence-electron chi connectivity index (χ1n) is 10.2. The van der Waals surface area contributed by atoms with E-state index in [1.54, 1.807) is 5.32 Å². The Hall–Kier alpha value is -3.11. The van der Waals surface area contributed by atoms with Gasteiger partial charge in [-0.3, -0.25) is 14.0 Å². The summed E-state index contributed by atoms with van der Waals surface area (Å²) in [7, 11) is 0. The Labute approximate surface area is 183 Å². The summed E-state index contributed by atoms with van der Waals surface area (Å²) < 4.78 is 49.3. The molecule has 0 aliphatic heterocycles. The SMILES string of the molecule is C=NN(/C(CCCCCF)=C(\N)C(=O)NC1CC1)c1ccc(C(=O)NCC(F)(F)F)cc1. The lowest BCUT2D eigenvalue weighted by Crippen LogP contribution is -2.34. The predicted octanol–water partition coefficient (Wildman–Crippen LogP) is 3.38. The predicted molar refractivity (Wildman–Crippen MR) is 114 cm³/mol. The number of allylic oxidation sites excluding steroid dienone is 1. The van der Waals surface area contributed by atoms with Crippen molar-refractivity contribution in [3.63, 3.8) is 0 Å². The zero-order valence-corrected chi connectivity index (χ0v) is 17.6. The molecule has 32 heavy (non-hydrogen) atoms. The Balaban J connectivity index is 2.21. The van der Waals surface area contributed by atoms with E-state index in [2.05, 4.69) is 17.1 Å². The monoisotopic (exact) mass is 457 g/mol. The van der Waals surface area contributed by atoms with Crippen LogP contribution < -0.4 is 21.4 Å². The van der Waals surface area contributed by atoms with Crippen molar-refractivity contribution in [2.45, 2.75) is 50.7 Å². The molecule has 1 aromatic carbocycles. The first-order chi connectivity index (χ1) is 15.2. The van der Waals surface area contributed by atoms with Crippen molar-refractivity contribution < 1.29 is 27.2 Å². The van der Waals surface area contributed by atoms with E-state index in [-0.39, 0.29) is 17.3 Å². The molecule has 2 rings (SSSR count). The Morgan fingerprint density at radius 2 is 1.81 bits per heavy atom. The summed E-state index contributed by atoms with van der Waals surface area (Å²) >= 11 is 0. The van der Waals surface area contributed by atoms with Gasteiger partial charge in [0, 0.05) is 18.3 Å². The lowest BCUT2D eigenvalue weighted by Gasteiger charge is -2.24. The number of benzene rings is 1. The standard InChI is InChI=1S/C21H27F4N5O2/c1-27-30(16-10-6-14(7-11-16)19(31)28-13-21(23,24)25)17(5-3-2-4-12-22)18(26)20(32)29-15-8-9-15/h6-7,10-11,15H,1-5,8-9,12-13,26H2,(H,28,31)(H,29,32)/b18-17-. The van der Waals surface area contributed by atoms with Gasteiger partial charge >= 0.3 is 6.18 Å². The fraction of sp³-hybridized carbons (Fsp3) is 0.476. The molecule has 7 nitrogen and oxygen atoms in total. The van der Waals surface area contributed by atoms with Crippen LogP contribution in [-0.4, -0.2) is 44.0 Å². The summed E-state index contributed by atoms with van der Waals surface area (Å²) in [4.78, 5) is 24.4. The quantitative estimate of drug-likeness (QED) is 0.147. The number of hydrogen-bond acceptors (Lipinski definition) is 5. The molecule has 0 heterocycles. The molecule has 0 saturated heterocycles. The van der Waals surface area contributed by atoms with Gasteiger partial charge in [0.05, 0.1) is 18.1 Å². The fourth-order valence-electron chi connectivity index (χ4n) is 2.90. The van der Waals surface area contributed by atoms with Crippen LogP contribution >= 0.6 is 0 Å². The molecule has 0 aromatic heterocycles. The highest BCUT2D eigenvalue weighted by molar-refractivity contribution is 5.95. The number of carbonyl (C=O) groups is 2. The molecule has 0 atom stereocenters. The molecular formula is C21H27F4N5O2. The number of alkyl halides is 4. The average molecular weight is 457 g/mol. The zero-order valence-electron chi connectivity index (χ0n) is 17.6. The molecule has 0 radical (unpaired) electrons. The highest BCUT2D eigenvalue weighted by Crippen LogP contribution is 2.26.